The van der Waals surface area contributed by atoms with Gasteiger partial charge in [-0.05, 0) is 49.7 Å². The summed E-state index contributed by atoms with van der Waals surface area (Å²) in [5, 5.41) is 7.71. The van der Waals surface area contributed by atoms with E-state index in [1.165, 1.54) is 34.8 Å². The van der Waals surface area contributed by atoms with Crippen molar-refractivity contribution in [2.75, 3.05) is 7.05 Å². The number of thiophene rings is 1. The highest BCUT2D eigenvalue weighted by Crippen LogP contribution is 2.35. The Morgan fingerprint density at radius 1 is 1.00 bits per heavy atom. The fourth-order valence-electron chi connectivity index (χ4n) is 3.98. The zero-order valence-corrected chi connectivity index (χ0v) is 21.5. The van der Waals surface area contributed by atoms with E-state index < -0.39 is 5.54 Å². The monoisotopic (exact) mass is 518 g/mol. The van der Waals surface area contributed by atoms with Gasteiger partial charge in [0.25, 0.3) is 11.8 Å². The van der Waals surface area contributed by atoms with Crippen molar-refractivity contribution in [3.63, 3.8) is 0 Å². The highest BCUT2D eigenvalue weighted by molar-refractivity contribution is 7.20. The van der Waals surface area contributed by atoms with Crippen LogP contribution in [0.1, 0.15) is 39.6 Å². The van der Waals surface area contributed by atoms with Crippen LogP contribution in [0, 0.1) is 5.82 Å². The molecule has 0 fully saturated rings. The van der Waals surface area contributed by atoms with E-state index in [0.717, 1.165) is 16.0 Å². The van der Waals surface area contributed by atoms with Crippen LogP contribution in [0.25, 0.3) is 26.7 Å². The van der Waals surface area contributed by atoms with Crippen LogP contribution in [0.4, 0.5) is 4.39 Å². The summed E-state index contributed by atoms with van der Waals surface area (Å²) in [7, 11) is 1.56. The van der Waals surface area contributed by atoms with Gasteiger partial charge in [0.1, 0.15) is 17.2 Å². The first-order chi connectivity index (χ1) is 17.3. The highest BCUT2D eigenvalue weighted by Gasteiger charge is 2.25. The van der Waals surface area contributed by atoms with E-state index in [1.807, 2.05) is 61.8 Å². The molecule has 2 amide bonds. The summed E-state index contributed by atoms with van der Waals surface area (Å²) in [5.41, 5.74) is 2.89. The minimum Gasteiger partial charge on any atom is -0.354 e. The number of hydrogen-bond donors (Lipinski definition) is 2. The van der Waals surface area contributed by atoms with Gasteiger partial charge in [-0.25, -0.2) is 9.37 Å². The largest absolute Gasteiger partial charge is 0.354 e. The molecule has 36 heavy (non-hydrogen) atoms. The van der Waals surface area contributed by atoms with Crippen molar-refractivity contribution in [2.45, 2.75) is 19.4 Å². The summed E-state index contributed by atoms with van der Waals surface area (Å²) in [6.45, 7) is 3.95. The van der Waals surface area contributed by atoms with E-state index in [2.05, 4.69) is 15.6 Å². The molecule has 0 saturated heterocycles. The molecular formula is C27H23FN4O2S2. The summed E-state index contributed by atoms with van der Waals surface area (Å²) in [5.74, 6) is -0.793. The van der Waals surface area contributed by atoms with Gasteiger partial charge in [-0.2, -0.15) is 0 Å². The van der Waals surface area contributed by atoms with Crippen LogP contribution in [-0.2, 0) is 5.54 Å². The number of fused-ring (bicyclic) bond motifs is 1. The summed E-state index contributed by atoms with van der Waals surface area (Å²) in [4.78, 5) is 32.5. The SMILES string of the molecule is CNC(=O)c1c(-c2ccc(F)cc2)nc2sc(-c3csc(C(=O)NC(C)(C)c4ccccc4)c3)cn12. The molecule has 0 radical (unpaired) electrons. The number of aromatic nitrogens is 2. The number of rotatable bonds is 6. The molecule has 2 aromatic carbocycles. The van der Waals surface area contributed by atoms with Gasteiger partial charge in [-0.3, -0.25) is 14.0 Å². The second kappa shape index (κ2) is 9.33. The third-order valence-electron chi connectivity index (χ3n) is 5.92. The third-order valence-corrected chi connectivity index (χ3v) is 7.88. The quantitative estimate of drug-likeness (QED) is 0.291. The lowest BCUT2D eigenvalue weighted by Crippen LogP contribution is -2.40. The van der Waals surface area contributed by atoms with E-state index in [-0.39, 0.29) is 17.6 Å². The summed E-state index contributed by atoms with van der Waals surface area (Å²) in [6.07, 6.45) is 1.85. The standard InChI is InChI=1S/C27H23FN4O2S2/c1-27(2,18-7-5-4-6-8-18)31-24(33)20-13-17(15-35-20)21-14-32-23(25(34)29-3)22(30-26(32)36-21)16-9-11-19(28)12-10-16/h4-15H,1-3H3,(H,29,34)(H,31,33). The number of carbonyl (C=O) groups excluding carboxylic acids is 2. The molecule has 182 valence electrons. The Kier molecular flexibility index (Phi) is 6.19. The Morgan fingerprint density at radius 2 is 1.72 bits per heavy atom. The molecule has 5 rings (SSSR count). The number of amides is 2. The Balaban J connectivity index is 1.45. The first-order valence-corrected chi connectivity index (χ1v) is 12.9. The van der Waals surface area contributed by atoms with Gasteiger partial charge in [0.05, 0.1) is 15.3 Å². The van der Waals surface area contributed by atoms with Crippen LogP contribution >= 0.6 is 22.7 Å². The number of carbonyl (C=O) groups is 2. The molecule has 0 saturated carbocycles. The van der Waals surface area contributed by atoms with Crippen LogP contribution < -0.4 is 10.6 Å². The van der Waals surface area contributed by atoms with Gasteiger partial charge in [0.2, 0.25) is 0 Å². The highest BCUT2D eigenvalue weighted by atomic mass is 32.1. The van der Waals surface area contributed by atoms with Gasteiger partial charge in [0.15, 0.2) is 4.96 Å². The number of nitrogens with one attached hydrogen (secondary N) is 2. The summed E-state index contributed by atoms with van der Waals surface area (Å²) >= 11 is 2.79. The van der Waals surface area contributed by atoms with Gasteiger partial charge < -0.3 is 10.6 Å². The molecule has 0 aliphatic carbocycles. The molecule has 5 aromatic rings. The van der Waals surface area contributed by atoms with Crippen LogP contribution in [0.2, 0.25) is 0 Å². The number of benzene rings is 2. The lowest BCUT2D eigenvalue weighted by atomic mass is 9.94. The minimum absolute atomic E-state index is 0.147. The lowest BCUT2D eigenvalue weighted by molar-refractivity contribution is 0.0914. The normalized spacial score (nSPS) is 11.6. The molecule has 6 nitrogen and oxygen atoms in total. The number of halogens is 1. The Bertz CT molecular complexity index is 1570. The molecule has 0 atom stereocenters. The molecule has 2 N–H and O–H groups in total. The molecule has 3 aromatic heterocycles. The Morgan fingerprint density at radius 3 is 2.42 bits per heavy atom. The number of nitrogens with zero attached hydrogens (tertiary/aromatic N) is 2. The average molecular weight is 519 g/mol. The first-order valence-electron chi connectivity index (χ1n) is 11.2. The maximum atomic E-state index is 13.4. The molecular weight excluding hydrogens is 495 g/mol. The van der Waals surface area contributed by atoms with Crippen LogP contribution in [-0.4, -0.2) is 28.2 Å². The Hall–Kier alpha value is -3.82. The maximum Gasteiger partial charge on any atom is 0.270 e. The summed E-state index contributed by atoms with van der Waals surface area (Å²) < 4.78 is 15.2. The number of imidazole rings is 1. The predicted octanol–water partition coefficient (Wildman–Crippen LogP) is 5.96. The van der Waals surface area contributed by atoms with Crippen molar-refractivity contribution < 1.29 is 14.0 Å². The fourth-order valence-corrected chi connectivity index (χ4v) is 5.83. The van der Waals surface area contributed by atoms with Crippen molar-refractivity contribution in [1.82, 2.24) is 20.0 Å². The zero-order chi connectivity index (χ0) is 25.4. The van der Waals surface area contributed by atoms with Crippen molar-refractivity contribution in [2.24, 2.45) is 0 Å². The average Bonchev–Trinajstić information content (AvgIpc) is 3.59. The van der Waals surface area contributed by atoms with E-state index in [4.69, 9.17) is 0 Å². The molecule has 0 bridgehead atoms. The topological polar surface area (TPSA) is 75.5 Å². The van der Waals surface area contributed by atoms with Crippen molar-refractivity contribution >= 4 is 39.4 Å². The fraction of sp³-hybridized carbons (Fsp3) is 0.148. The molecule has 0 spiro atoms. The second-order valence-electron chi connectivity index (χ2n) is 8.79. The minimum atomic E-state index is -0.523. The van der Waals surface area contributed by atoms with Gasteiger partial charge in [-0.15, -0.1) is 11.3 Å². The van der Waals surface area contributed by atoms with Gasteiger partial charge in [0, 0.05) is 29.8 Å². The number of thiazole rings is 1. The molecule has 9 heteroatoms. The van der Waals surface area contributed by atoms with Crippen molar-refractivity contribution in [3.8, 4) is 21.7 Å². The van der Waals surface area contributed by atoms with Crippen molar-refractivity contribution in [1.29, 1.82) is 0 Å². The van der Waals surface area contributed by atoms with Crippen LogP contribution in [0.3, 0.4) is 0 Å². The molecule has 0 aliphatic rings. The van der Waals surface area contributed by atoms with Crippen LogP contribution in [0.15, 0.2) is 72.2 Å². The number of hydrogen-bond acceptors (Lipinski definition) is 5. The van der Waals surface area contributed by atoms with E-state index >= 15 is 0 Å². The third kappa shape index (κ3) is 4.43. The zero-order valence-electron chi connectivity index (χ0n) is 19.8. The van der Waals surface area contributed by atoms with Gasteiger partial charge in [-0.1, -0.05) is 41.7 Å². The van der Waals surface area contributed by atoms with Crippen molar-refractivity contribution in [3.05, 3.63) is 94.2 Å². The second-order valence-corrected chi connectivity index (χ2v) is 10.7. The molecule has 0 unspecified atom stereocenters. The molecule has 0 aliphatic heterocycles. The van der Waals surface area contributed by atoms with Gasteiger partial charge >= 0.3 is 0 Å². The molecule has 3 heterocycles. The predicted molar refractivity (Wildman–Crippen MR) is 142 cm³/mol. The first kappa shape index (κ1) is 23.9. The van der Waals surface area contributed by atoms with E-state index in [9.17, 15) is 14.0 Å². The van der Waals surface area contributed by atoms with Crippen LogP contribution in [0.5, 0.6) is 0 Å². The Labute approximate surface area is 215 Å². The lowest BCUT2D eigenvalue weighted by Gasteiger charge is -2.26. The summed E-state index contributed by atoms with van der Waals surface area (Å²) in [6, 6.07) is 17.6. The maximum absolute atomic E-state index is 13.4. The van der Waals surface area contributed by atoms with E-state index in [0.29, 0.717) is 26.8 Å². The van der Waals surface area contributed by atoms with E-state index in [1.54, 1.807) is 23.6 Å². The smallest absolute Gasteiger partial charge is 0.270 e.